The van der Waals surface area contributed by atoms with E-state index in [1.165, 1.54) is 31.4 Å². The number of benzene rings is 3. The molecular formula is C26H21F6N3O3. The van der Waals surface area contributed by atoms with Crippen LogP contribution in [0.5, 0.6) is 5.75 Å². The summed E-state index contributed by atoms with van der Waals surface area (Å²) in [6.07, 6.45) is -9.44. The summed E-state index contributed by atoms with van der Waals surface area (Å²) in [4.78, 5) is 16.3. The van der Waals surface area contributed by atoms with Crippen LogP contribution in [0.2, 0.25) is 0 Å². The second-order valence-electron chi connectivity index (χ2n) is 8.45. The first-order valence-electron chi connectivity index (χ1n) is 11.1. The van der Waals surface area contributed by atoms with Crippen LogP contribution in [0.4, 0.5) is 32.0 Å². The molecule has 1 heterocycles. The molecule has 0 saturated carbocycles. The SMILES string of the molecule is COC(=O)c1ccc(Cn2c(=Nc3ccc(OC(F)(F)F)cc3)n(C)c3c(C)cc(C(F)(F)F)cc32)cc1. The van der Waals surface area contributed by atoms with Crippen molar-refractivity contribution in [2.24, 2.45) is 12.0 Å². The molecule has 0 aliphatic heterocycles. The second-order valence-corrected chi connectivity index (χ2v) is 8.45. The molecule has 0 fully saturated rings. The number of nitrogens with zero attached hydrogens (tertiary/aromatic N) is 3. The lowest BCUT2D eigenvalue weighted by molar-refractivity contribution is -0.274. The predicted octanol–water partition coefficient (Wildman–Crippen LogP) is 6.27. The van der Waals surface area contributed by atoms with Crippen LogP contribution in [0, 0.1) is 6.92 Å². The van der Waals surface area contributed by atoms with E-state index in [9.17, 15) is 31.1 Å². The Hall–Kier alpha value is -4.22. The Kier molecular flexibility index (Phi) is 7.00. The average molecular weight is 537 g/mol. The number of alkyl halides is 6. The van der Waals surface area contributed by atoms with E-state index in [2.05, 4.69) is 9.73 Å². The van der Waals surface area contributed by atoms with Gasteiger partial charge in [0, 0.05) is 7.05 Å². The van der Waals surface area contributed by atoms with Gasteiger partial charge in [0.25, 0.3) is 0 Å². The largest absolute Gasteiger partial charge is 0.573 e. The summed E-state index contributed by atoms with van der Waals surface area (Å²) in [5.41, 5.74) is 1.77. The number of hydrogen-bond acceptors (Lipinski definition) is 4. The minimum Gasteiger partial charge on any atom is -0.465 e. The zero-order chi connectivity index (χ0) is 27.8. The molecule has 200 valence electrons. The van der Waals surface area contributed by atoms with Crippen molar-refractivity contribution in [1.29, 1.82) is 0 Å². The molecule has 4 aromatic rings. The van der Waals surface area contributed by atoms with E-state index in [1.54, 1.807) is 35.2 Å². The van der Waals surface area contributed by atoms with Gasteiger partial charge in [-0.3, -0.25) is 0 Å². The monoisotopic (exact) mass is 537 g/mol. The molecule has 0 saturated heterocycles. The highest BCUT2D eigenvalue weighted by atomic mass is 19.4. The van der Waals surface area contributed by atoms with Gasteiger partial charge in [-0.1, -0.05) is 12.1 Å². The van der Waals surface area contributed by atoms with Gasteiger partial charge >= 0.3 is 18.5 Å². The summed E-state index contributed by atoms with van der Waals surface area (Å²) in [5, 5.41) is 0. The highest BCUT2D eigenvalue weighted by molar-refractivity contribution is 5.89. The molecular weight excluding hydrogens is 516 g/mol. The number of ether oxygens (including phenoxy) is 2. The number of fused-ring (bicyclic) bond motifs is 1. The van der Waals surface area contributed by atoms with Crippen LogP contribution in [-0.4, -0.2) is 28.6 Å². The molecule has 4 rings (SSSR count). The lowest BCUT2D eigenvalue weighted by Gasteiger charge is -2.11. The average Bonchev–Trinajstić information content (AvgIpc) is 3.10. The molecule has 0 atom stereocenters. The molecule has 0 unspecified atom stereocenters. The molecule has 3 aromatic carbocycles. The summed E-state index contributed by atoms with van der Waals surface area (Å²) < 4.78 is 90.2. The van der Waals surface area contributed by atoms with E-state index in [-0.39, 0.29) is 23.4 Å². The highest BCUT2D eigenvalue weighted by Crippen LogP contribution is 2.33. The van der Waals surface area contributed by atoms with Crippen LogP contribution in [0.15, 0.2) is 65.7 Å². The molecule has 0 radical (unpaired) electrons. The number of hydrogen-bond donors (Lipinski definition) is 0. The fourth-order valence-electron chi connectivity index (χ4n) is 4.13. The van der Waals surface area contributed by atoms with E-state index in [0.29, 0.717) is 22.2 Å². The Morgan fingerprint density at radius 3 is 2.13 bits per heavy atom. The standard InChI is InChI=1S/C26H21F6N3O3/c1-15-12-18(25(27,28)29)13-21-22(15)34(2)24(33-19-8-10-20(11-9-19)38-26(30,31)32)35(21)14-16-4-6-17(7-5-16)23(36)37-3/h4-13H,14H2,1-3H3. The normalized spacial score (nSPS) is 12.7. The first-order valence-corrected chi connectivity index (χ1v) is 11.1. The number of esters is 1. The van der Waals surface area contributed by atoms with E-state index in [4.69, 9.17) is 4.74 Å². The topological polar surface area (TPSA) is 57.8 Å². The van der Waals surface area contributed by atoms with Crippen molar-refractivity contribution in [3.05, 3.63) is 88.5 Å². The molecule has 38 heavy (non-hydrogen) atoms. The molecule has 6 nitrogen and oxygen atoms in total. The van der Waals surface area contributed by atoms with Crippen LogP contribution in [0.25, 0.3) is 11.0 Å². The first kappa shape index (κ1) is 26.8. The number of rotatable bonds is 5. The van der Waals surface area contributed by atoms with Gasteiger partial charge in [0.2, 0.25) is 5.62 Å². The van der Waals surface area contributed by atoms with Crippen molar-refractivity contribution in [3.63, 3.8) is 0 Å². The molecule has 1 aromatic heterocycles. The first-order chi connectivity index (χ1) is 17.8. The van der Waals surface area contributed by atoms with Gasteiger partial charge in [0.1, 0.15) is 5.75 Å². The van der Waals surface area contributed by atoms with Gasteiger partial charge in [-0.15, -0.1) is 13.2 Å². The zero-order valence-electron chi connectivity index (χ0n) is 20.3. The van der Waals surface area contributed by atoms with Gasteiger partial charge in [0.15, 0.2) is 0 Å². The summed E-state index contributed by atoms with van der Waals surface area (Å²) in [5.74, 6) is -0.967. The number of halogens is 6. The summed E-state index contributed by atoms with van der Waals surface area (Å²) >= 11 is 0. The minimum atomic E-state index is -4.85. The van der Waals surface area contributed by atoms with Gasteiger partial charge in [-0.2, -0.15) is 13.2 Å². The van der Waals surface area contributed by atoms with Crippen molar-refractivity contribution in [2.45, 2.75) is 26.0 Å². The number of methoxy groups -OCH3 is 1. The lowest BCUT2D eigenvalue weighted by Crippen LogP contribution is -2.24. The fraction of sp³-hybridized carbons (Fsp3) is 0.231. The molecule has 0 spiro atoms. The van der Waals surface area contributed by atoms with Crippen LogP contribution < -0.4 is 10.4 Å². The Bertz CT molecular complexity index is 1550. The number of carbonyl (C=O) groups excluding carboxylic acids is 1. The van der Waals surface area contributed by atoms with Crippen molar-refractivity contribution < 1.29 is 40.6 Å². The van der Waals surface area contributed by atoms with E-state index >= 15 is 0 Å². The summed E-state index contributed by atoms with van der Waals surface area (Å²) in [6.45, 7) is 1.65. The predicted molar refractivity (Wildman–Crippen MR) is 126 cm³/mol. The smallest absolute Gasteiger partial charge is 0.465 e. The summed E-state index contributed by atoms with van der Waals surface area (Å²) in [7, 11) is 2.89. The molecule has 0 amide bonds. The molecule has 0 N–H and O–H groups in total. The summed E-state index contributed by atoms with van der Waals surface area (Å²) in [6, 6.07) is 13.2. The van der Waals surface area contributed by atoms with Gasteiger partial charge in [-0.25, -0.2) is 9.79 Å². The van der Waals surface area contributed by atoms with Crippen molar-refractivity contribution in [1.82, 2.24) is 9.13 Å². The van der Waals surface area contributed by atoms with E-state index in [1.807, 2.05) is 0 Å². The quantitative estimate of drug-likeness (QED) is 0.223. The van der Waals surface area contributed by atoms with Gasteiger partial charge < -0.3 is 18.6 Å². The molecule has 0 aliphatic rings. The Morgan fingerprint density at radius 1 is 0.947 bits per heavy atom. The van der Waals surface area contributed by atoms with Crippen LogP contribution in [-0.2, 0) is 24.5 Å². The minimum absolute atomic E-state index is 0.0909. The Morgan fingerprint density at radius 2 is 1.58 bits per heavy atom. The fourth-order valence-corrected chi connectivity index (χ4v) is 4.13. The molecule has 0 bridgehead atoms. The maximum Gasteiger partial charge on any atom is 0.573 e. The Balaban J connectivity index is 1.89. The molecule has 0 aliphatic carbocycles. The third-order valence-electron chi connectivity index (χ3n) is 5.79. The maximum absolute atomic E-state index is 13.6. The number of aryl methyl sites for hydroxylation is 2. The number of aromatic nitrogens is 2. The highest BCUT2D eigenvalue weighted by Gasteiger charge is 2.32. The van der Waals surface area contributed by atoms with Crippen LogP contribution >= 0.6 is 0 Å². The van der Waals surface area contributed by atoms with Crippen LogP contribution in [0.3, 0.4) is 0 Å². The Labute approximate surface area is 212 Å². The number of carbonyl (C=O) groups is 1. The number of imidazole rings is 1. The van der Waals surface area contributed by atoms with Crippen molar-refractivity contribution in [2.75, 3.05) is 7.11 Å². The third-order valence-corrected chi connectivity index (χ3v) is 5.79. The third kappa shape index (κ3) is 5.68. The maximum atomic E-state index is 13.6. The lowest BCUT2D eigenvalue weighted by atomic mass is 10.1. The van der Waals surface area contributed by atoms with Crippen LogP contribution in [0.1, 0.15) is 27.0 Å². The van der Waals surface area contributed by atoms with E-state index in [0.717, 1.165) is 24.3 Å². The van der Waals surface area contributed by atoms with Gasteiger partial charge in [-0.05, 0) is 66.6 Å². The molecule has 12 heteroatoms. The van der Waals surface area contributed by atoms with Gasteiger partial charge in [0.05, 0.1) is 41.5 Å². The zero-order valence-corrected chi connectivity index (χ0v) is 20.3. The van der Waals surface area contributed by atoms with E-state index < -0.39 is 29.8 Å². The van der Waals surface area contributed by atoms with Crippen molar-refractivity contribution in [3.8, 4) is 5.75 Å². The second kappa shape index (κ2) is 9.92. The van der Waals surface area contributed by atoms with Crippen molar-refractivity contribution >= 4 is 22.7 Å².